The maximum absolute atomic E-state index is 11.4. The van der Waals surface area contributed by atoms with E-state index in [2.05, 4.69) is 15.6 Å². The SMILES string of the molecule is CC(C)(C)OC(=O)NCC(=O)Nc1nccs1. The molecule has 0 aromatic carbocycles. The van der Waals surface area contributed by atoms with E-state index in [0.29, 0.717) is 5.13 Å². The zero-order valence-electron chi connectivity index (χ0n) is 9.94. The first-order chi connectivity index (χ1) is 7.87. The highest BCUT2D eigenvalue weighted by atomic mass is 32.1. The van der Waals surface area contributed by atoms with Crippen LogP contribution in [-0.2, 0) is 9.53 Å². The van der Waals surface area contributed by atoms with Gasteiger partial charge in [0.05, 0.1) is 0 Å². The summed E-state index contributed by atoms with van der Waals surface area (Å²) in [4.78, 5) is 26.5. The van der Waals surface area contributed by atoms with Gasteiger partial charge in [-0.05, 0) is 20.8 Å². The Labute approximate surface area is 103 Å². The first-order valence-corrected chi connectivity index (χ1v) is 5.91. The van der Waals surface area contributed by atoms with Crippen molar-refractivity contribution < 1.29 is 14.3 Å². The van der Waals surface area contributed by atoms with Crippen LogP contribution in [0.1, 0.15) is 20.8 Å². The molecule has 7 heteroatoms. The Morgan fingerprint density at radius 3 is 2.71 bits per heavy atom. The van der Waals surface area contributed by atoms with Gasteiger partial charge in [0.1, 0.15) is 12.1 Å². The maximum Gasteiger partial charge on any atom is 0.408 e. The fraction of sp³-hybridized carbons (Fsp3) is 0.500. The fourth-order valence-electron chi connectivity index (χ4n) is 0.915. The smallest absolute Gasteiger partial charge is 0.408 e. The molecule has 0 spiro atoms. The molecule has 1 aromatic heterocycles. The minimum atomic E-state index is -0.619. The van der Waals surface area contributed by atoms with Crippen LogP contribution in [0.25, 0.3) is 0 Å². The van der Waals surface area contributed by atoms with Crippen molar-refractivity contribution in [3.63, 3.8) is 0 Å². The van der Waals surface area contributed by atoms with Gasteiger partial charge in [0.15, 0.2) is 5.13 Å². The number of carbonyl (C=O) groups excluding carboxylic acids is 2. The molecular weight excluding hydrogens is 242 g/mol. The highest BCUT2D eigenvalue weighted by Gasteiger charge is 2.16. The number of ether oxygens (including phenoxy) is 1. The Morgan fingerprint density at radius 2 is 2.18 bits per heavy atom. The van der Waals surface area contributed by atoms with Gasteiger partial charge in [-0.3, -0.25) is 4.79 Å². The van der Waals surface area contributed by atoms with E-state index in [9.17, 15) is 9.59 Å². The summed E-state index contributed by atoms with van der Waals surface area (Å²) in [6, 6.07) is 0. The molecular formula is C10H15N3O3S. The molecule has 0 fully saturated rings. The van der Waals surface area contributed by atoms with Crippen molar-refractivity contribution in [2.24, 2.45) is 0 Å². The normalized spacial score (nSPS) is 10.8. The van der Waals surface area contributed by atoms with E-state index < -0.39 is 11.7 Å². The van der Waals surface area contributed by atoms with Crippen LogP contribution in [0, 0.1) is 0 Å². The highest BCUT2D eigenvalue weighted by Crippen LogP contribution is 2.09. The Kier molecular flexibility index (Phi) is 4.45. The van der Waals surface area contributed by atoms with E-state index in [1.54, 1.807) is 32.3 Å². The molecule has 0 bridgehead atoms. The van der Waals surface area contributed by atoms with Gasteiger partial charge in [0, 0.05) is 11.6 Å². The van der Waals surface area contributed by atoms with Crippen LogP contribution in [0.15, 0.2) is 11.6 Å². The lowest BCUT2D eigenvalue weighted by Crippen LogP contribution is -2.37. The zero-order valence-corrected chi connectivity index (χ0v) is 10.8. The number of amides is 2. The molecule has 0 radical (unpaired) electrons. The Hall–Kier alpha value is -1.63. The lowest BCUT2D eigenvalue weighted by Gasteiger charge is -2.19. The molecule has 17 heavy (non-hydrogen) atoms. The van der Waals surface area contributed by atoms with Gasteiger partial charge in [-0.2, -0.15) is 0 Å². The topological polar surface area (TPSA) is 80.3 Å². The Morgan fingerprint density at radius 1 is 1.47 bits per heavy atom. The first kappa shape index (κ1) is 13.4. The van der Waals surface area contributed by atoms with Crippen molar-refractivity contribution in [3.05, 3.63) is 11.6 Å². The van der Waals surface area contributed by atoms with Crippen LogP contribution in [0.3, 0.4) is 0 Å². The molecule has 0 aliphatic carbocycles. The van der Waals surface area contributed by atoms with Gasteiger partial charge < -0.3 is 15.4 Å². The van der Waals surface area contributed by atoms with Gasteiger partial charge in [-0.15, -0.1) is 11.3 Å². The molecule has 1 heterocycles. The third-order valence-electron chi connectivity index (χ3n) is 1.47. The molecule has 2 N–H and O–H groups in total. The van der Waals surface area contributed by atoms with Crippen molar-refractivity contribution in [3.8, 4) is 0 Å². The molecule has 0 aliphatic heterocycles. The summed E-state index contributed by atoms with van der Waals surface area (Å²) in [5.74, 6) is -0.342. The summed E-state index contributed by atoms with van der Waals surface area (Å²) in [7, 11) is 0. The standard InChI is InChI=1S/C10H15N3O3S/c1-10(2,3)16-9(15)12-6-7(14)13-8-11-4-5-17-8/h4-5H,6H2,1-3H3,(H,12,15)(H,11,13,14). The quantitative estimate of drug-likeness (QED) is 0.862. The maximum atomic E-state index is 11.4. The van der Waals surface area contributed by atoms with Gasteiger partial charge in [-0.1, -0.05) is 0 Å². The molecule has 1 aromatic rings. The summed E-state index contributed by atoms with van der Waals surface area (Å²) >= 11 is 1.31. The molecule has 2 amide bonds. The minimum Gasteiger partial charge on any atom is -0.444 e. The summed E-state index contributed by atoms with van der Waals surface area (Å²) in [6.07, 6.45) is 0.966. The summed E-state index contributed by atoms with van der Waals surface area (Å²) in [5, 5.41) is 7.14. The van der Waals surface area contributed by atoms with Gasteiger partial charge in [0.2, 0.25) is 5.91 Å². The molecule has 6 nitrogen and oxygen atoms in total. The van der Waals surface area contributed by atoms with Crippen LogP contribution in [0.5, 0.6) is 0 Å². The number of hydrogen-bond acceptors (Lipinski definition) is 5. The third-order valence-corrected chi connectivity index (χ3v) is 2.16. The van der Waals surface area contributed by atoms with Crippen molar-refractivity contribution in [2.75, 3.05) is 11.9 Å². The molecule has 1 rings (SSSR count). The van der Waals surface area contributed by atoms with E-state index in [-0.39, 0.29) is 12.5 Å². The van der Waals surface area contributed by atoms with Crippen LogP contribution < -0.4 is 10.6 Å². The van der Waals surface area contributed by atoms with Crippen LogP contribution in [0.4, 0.5) is 9.93 Å². The number of anilines is 1. The van der Waals surface area contributed by atoms with Crippen molar-refractivity contribution in [2.45, 2.75) is 26.4 Å². The summed E-state index contributed by atoms with van der Waals surface area (Å²) in [6.45, 7) is 5.11. The number of rotatable bonds is 3. The number of thiazole rings is 1. The van der Waals surface area contributed by atoms with E-state index >= 15 is 0 Å². The average molecular weight is 257 g/mol. The van der Waals surface area contributed by atoms with Crippen molar-refractivity contribution >= 4 is 28.5 Å². The number of hydrogen-bond donors (Lipinski definition) is 2. The van der Waals surface area contributed by atoms with Gasteiger partial charge in [0.25, 0.3) is 0 Å². The van der Waals surface area contributed by atoms with Gasteiger partial charge in [-0.25, -0.2) is 9.78 Å². The summed E-state index contributed by atoms with van der Waals surface area (Å²) < 4.78 is 4.98. The molecule has 0 saturated carbocycles. The van der Waals surface area contributed by atoms with Crippen LogP contribution in [0.2, 0.25) is 0 Å². The Bertz CT molecular complexity index is 384. The lowest BCUT2D eigenvalue weighted by molar-refractivity contribution is -0.115. The lowest BCUT2D eigenvalue weighted by atomic mass is 10.2. The monoisotopic (exact) mass is 257 g/mol. The van der Waals surface area contributed by atoms with Crippen LogP contribution in [-0.4, -0.2) is 29.1 Å². The predicted octanol–water partition coefficient (Wildman–Crippen LogP) is 1.61. The first-order valence-electron chi connectivity index (χ1n) is 5.03. The average Bonchev–Trinajstić information content (AvgIpc) is 2.64. The Balaban J connectivity index is 2.26. The summed E-state index contributed by atoms with van der Waals surface area (Å²) in [5.41, 5.74) is -0.574. The second-order valence-corrected chi connectivity index (χ2v) is 5.14. The molecule has 0 atom stereocenters. The largest absolute Gasteiger partial charge is 0.444 e. The molecule has 0 unspecified atom stereocenters. The number of carbonyl (C=O) groups is 2. The van der Waals surface area contributed by atoms with E-state index in [1.807, 2.05) is 0 Å². The van der Waals surface area contributed by atoms with E-state index in [4.69, 9.17) is 4.74 Å². The van der Waals surface area contributed by atoms with Crippen molar-refractivity contribution in [1.82, 2.24) is 10.3 Å². The number of aromatic nitrogens is 1. The van der Waals surface area contributed by atoms with Crippen LogP contribution >= 0.6 is 11.3 Å². The molecule has 0 saturated heterocycles. The zero-order chi connectivity index (χ0) is 12.9. The van der Waals surface area contributed by atoms with E-state index in [0.717, 1.165) is 0 Å². The molecule has 94 valence electrons. The minimum absolute atomic E-state index is 0.144. The number of nitrogens with one attached hydrogen (secondary N) is 2. The second-order valence-electron chi connectivity index (χ2n) is 4.24. The molecule has 0 aliphatic rings. The third kappa shape index (κ3) is 5.86. The van der Waals surface area contributed by atoms with E-state index in [1.165, 1.54) is 11.3 Å². The second kappa shape index (κ2) is 5.62. The van der Waals surface area contributed by atoms with Gasteiger partial charge >= 0.3 is 6.09 Å². The predicted molar refractivity (Wildman–Crippen MR) is 65.0 cm³/mol. The number of nitrogens with zero attached hydrogens (tertiary/aromatic N) is 1. The fourth-order valence-corrected chi connectivity index (χ4v) is 1.46. The highest BCUT2D eigenvalue weighted by molar-refractivity contribution is 7.13. The van der Waals surface area contributed by atoms with Crippen molar-refractivity contribution in [1.29, 1.82) is 0 Å². The number of alkyl carbamates (subject to hydrolysis) is 1.